The maximum Gasteiger partial charge on any atom is 0.409 e. The molecule has 4 rings (SSSR count). The van der Waals surface area contributed by atoms with Gasteiger partial charge in [-0.05, 0) is 44.7 Å². The van der Waals surface area contributed by atoms with Gasteiger partial charge in [-0.1, -0.05) is 29.8 Å². The highest BCUT2D eigenvalue weighted by Gasteiger charge is 2.41. The van der Waals surface area contributed by atoms with E-state index >= 15 is 0 Å². The third kappa shape index (κ3) is 5.11. The number of carbonyl (C=O) groups excluding carboxylic acids is 3. The van der Waals surface area contributed by atoms with Crippen molar-refractivity contribution in [3.8, 4) is 0 Å². The Morgan fingerprint density at radius 3 is 2.66 bits per heavy atom. The van der Waals surface area contributed by atoms with Gasteiger partial charge in [0.25, 0.3) is 5.91 Å². The standard InChI is InChI=1S/C24H31N3O4S/c1-3-31-24(30)27-11-9-26(10-12-27)23(29)18-7-8-20-19(15-18)25-22(28)21(32-20)14-17-6-4-5-16(2)13-17/h4-6,13-14,18-20H,3,7-12,15H2,1-2H3,(H,25,28)/b21-14+. The van der Waals surface area contributed by atoms with E-state index in [4.69, 9.17) is 4.74 Å². The summed E-state index contributed by atoms with van der Waals surface area (Å²) in [6, 6.07) is 8.15. The zero-order valence-corrected chi connectivity index (χ0v) is 19.5. The molecule has 2 heterocycles. The Balaban J connectivity index is 1.32. The molecule has 1 saturated carbocycles. The number of piperazine rings is 1. The zero-order valence-electron chi connectivity index (χ0n) is 18.7. The van der Waals surface area contributed by atoms with Crippen LogP contribution in [0.15, 0.2) is 29.2 Å². The van der Waals surface area contributed by atoms with E-state index < -0.39 is 0 Å². The van der Waals surface area contributed by atoms with Gasteiger partial charge in [0.1, 0.15) is 0 Å². The molecule has 0 aromatic heterocycles. The number of fused-ring (bicyclic) bond motifs is 1. The highest BCUT2D eigenvalue weighted by molar-refractivity contribution is 8.04. The number of amides is 3. The molecule has 0 bridgehead atoms. The van der Waals surface area contributed by atoms with Crippen molar-refractivity contribution in [3.05, 3.63) is 40.3 Å². The monoisotopic (exact) mass is 457 g/mol. The molecule has 1 aromatic rings. The van der Waals surface area contributed by atoms with Crippen LogP contribution in [0.3, 0.4) is 0 Å². The molecule has 3 fully saturated rings. The van der Waals surface area contributed by atoms with Crippen LogP contribution in [-0.2, 0) is 14.3 Å². The van der Waals surface area contributed by atoms with Crippen LogP contribution in [-0.4, -0.2) is 71.8 Å². The summed E-state index contributed by atoms with van der Waals surface area (Å²) in [6.45, 7) is 6.26. The number of ether oxygens (including phenoxy) is 1. The minimum Gasteiger partial charge on any atom is -0.450 e. The Bertz CT molecular complexity index is 910. The maximum atomic E-state index is 13.1. The molecule has 2 aliphatic heterocycles. The normalized spacial score (nSPS) is 27.0. The molecule has 3 amide bonds. The summed E-state index contributed by atoms with van der Waals surface area (Å²) in [5.41, 5.74) is 2.20. The largest absolute Gasteiger partial charge is 0.450 e. The van der Waals surface area contributed by atoms with E-state index in [-0.39, 0.29) is 29.9 Å². The number of carbonyl (C=O) groups is 3. The summed E-state index contributed by atoms with van der Waals surface area (Å²) in [6.07, 6.45) is 4.07. The number of benzene rings is 1. The van der Waals surface area contributed by atoms with Crippen LogP contribution in [0, 0.1) is 12.8 Å². The number of nitrogens with one attached hydrogen (secondary N) is 1. The predicted molar refractivity (Wildman–Crippen MR) is 125 cm³/mol. The van der Waals surface area contributed by atoms with Gasteiger partial charge in [-0.25, -0.2) is 4.79 Å². The topological polar surface area (TPSA) is 79.0 Å². The van der Waals surface area contributed by atoms with Gasteiger partial charge in [0.15, 0.2) is 0 Å². The van der Waals surface area contributed by atoms with E-state index in [1.165, 1.54) is 5.56 Å². The molecular weight excluding hydrogens is 426 g/mol. The Morgan fingerprint density at radius 2 is 1.94 bits per heavy atom. The summed E-state index contributed by atoms with van der Waals surface area (Å²) in [5, 5.41) is 3.46. The number of thioether (sulfide) groups is 1. The van der Waals surface area contributed by atoms with Gasteiger partial charge in [-0.15, -0.1) is 11.8 Å². The van der Waals surface area contributed by atoms with Crippen molar-refractivity contribution in [3.63, 3.8) is 0 Å². The van der Waals surface area contributed by atoms with Gasteiger partial charge in [0, 0.05) is 43.4 Å². The average Bonchev–Trinajstić information content (AvgIpc) is 2.79. The van der Waals surface area contributed by atoms with E-state index in [2.05, 4.69) is 11.4 Å². The fourth-order valence-corrected chi connectivity index (χ4v) is 6.00. The fourth-order valence-electron chi connectivity index (χ4n) is 4.71. The lowest BCUT2D eigenvalue weighted by Crippen LogP contribution is -2.55. The summed E-state index contributed by atoms with van der Waals surface area (Å²) >= 11 is 1.65. The lowest BCUT2D eigenvalue weighted by molar-refractivity contribution is -0.138. The molecule has 1 aliphatic carbocycles. The number of nitrogens with zero attached hydrogens (tertiary/aromatic N) is 2. The van der Waals surface area contributed by atoms with Crippen LogP contribution in [0.5, 0.6) is 0 Å². The first-order valence-corrected chi connectivity index (χ1v) is 12.3. The maximum absolute atomic E-state index is 13.1. The van der Waals surface area contributed by atoms with E-state index in [1.807, 2.05) is 36.1 Å². The average molecular weight is 458 g/mol. The third-order valence-electron chi connectivity index (χ3n) is 6.41. The predicted octanol–water partition coefficient (Wildman–Crippen LogP) is 3.04. The second kappa shape index (κ2) is 9.98. The van der Waals surface area contributed by atoms with Crippen molar-refractivity contribution in [2.45, 2.75) is 44.4 Å². The molecule has 3 aliphatic rings. The molecule has 2 saturated heterocycles. The van der Waals surface area contributed by atoms with E-state index in [1.54, 1.807) is 23.6 Å². The second-order valence-corrected chi connectivity index (χ2v) is 9.96. The van der Waals surface area contributed by atoms with E-state index in [9.17, 15) is 14.4 Å². The van der Waals surface area contributed by atoms with Crippen LogP contribution >= 0.6 is 11.8 Å². The molecule has 32 heavy (non-hydrogen) atoms. The third-order valence-corrected chi connectivity index (χ3v) is 7.84. The lowest BCUT2D eigenvalue weighted by atomic mass is 9.84. The summed E-state index contributed by atoms with van der Waals surface area (Å²) < 4.78 is 5.05. The van der Waals surface area contributed by atoms with Crippen molar-refractivity contribution in [1.82, 2.24) is 15.1 Å². The minimum atomic E-state index is -0.309. The minimum absolute atomic E-state index is 0.0191. The smallest absolute Gasteiger partial charge is 0.409 e. The molecule has 0 spiro atoms. The highest BCUT2D eigenvalue weighted by atomic mass is 32.2. The van der Waals surface area contributed by atoms with Crippen LogP contribution in [0.2, 0.25) is 0 Å². The van der Waals surface area contributed by atoms with Gasteiger partial charge in [-0.3, -0.25) is 9.59 Å². The Hall–Kier alpha value is -2.48. The Morgan fingerprint density at radius 1 is 1.19 bits per heavy atom. The van der Waals surface area contributed by atoms with Crippen LogP contribution < -0.4 is 5.32 Å². The molecule has 172 valence electrons. The molecule has 1 N–H and O–H groups in total. The van der Waals surface area contributed by atoms with Gasteiger partial charge in [-0.2, -0.15) is 0 Å². The number of hydrogen-bond donors (Lipinski definition) is 1. The van der Waals surface area contributed by atoms with Gasteiger partial charge in [0.05, 0.1) is 11.5 Å². The first-order valence-electron chi connectivity index (χ1n) is 11.4. The van der Waals surface area contributed by atoms with Crippen LogP contribution in [0.25, 0.3) is 6.08 Å². The molecule has 1 aromatic carbocycles. The first kappa shape index (κ1) is 22.7. The van der Waals surface area contributed by atoms with Crippen molar-refractivity contribution in [2.24, 2.45) is 5.92 Å². The van der Waals surface area contributed by atoms with Gasteiger partial charge >= 0.3 is 6.09 Å². The Kier molecular flexibility index (Phi) is 7.08. The van der Waals surface area contributed by atoms with Crippen LogP contribution in [0.1, 0.15) is 37.3 Å². The number of hydrogen-bond acceptors (Lipinski definition) is 5. The molecule has 7 nitrogen and oxygen atoms in total. The van der Waals surface area contributed by atoms with E-state index in [0.29, 0.717) is 44.5 Å². The molecule has 3 atom stereocenters. The molecule has 3 unspecified atom stereocenters. The fraction of sp³-hybridized carbons (Fsp3) is 0.542. The first-order chi connectivity index (χ1) is 15.4. The molecular formula is C24H31N3O4S. The van der Waals surface area contributed by atoms with Gasteiger partial charge in [0.2, 0.25) is 5.91 Å². The van der Waals surface area contributed by atoms with Crippen molar-refractivity contribution < 1.29 is 19.1 Å². The van der Waals surface area contributed by atoms with Gasteiger partial charge < -0.3 is 19.9 Å². The molecule has 8 heteroatoms. The number of rotatable bonds is 3. The zero-order chi connectivity index (χ0) is 22.7. The SMILES string of the molecule is CCOC(=O)N1CCN(C(=O)C2CCC3S/C(=C/c4cccc(C)c4)C(=O)NC3C2)CC1. The van der Waals surface area contributed by atoms with Crippen molar-refractivity contribution in [1.29, 1.82) is 0 Å². The highest BCUT2D eigenvalue weighted by Crippen LogP contribution is 2.40. The summed E-state index contributed by atoms with van der Waals surface area (Å²) in [5.74, 6) is 0.0230. The van der Waals surface area contributed by atoms with E-state index in [0.717, 1.165) is 23.3 Å². The molecule has 0 radical (unpaired) electrons. The quantitative estimate of drug-likeness (QED) is 0.706. The van der Waals surface area contributed by atoms with Crippen molar-refractivity contribution >= 4 is 35.7 Å². The second-order valence-electron chi connectivity index (χ2n) is 8.68. The van der Waals surface area contributed by atoms with Crippen molar-refractivity contribution in [2.75, 3.05) is 32.8 Å². The van der Waals surface area contributed by atoms with Crippen LogP contribution in [0.4, 0.5) is 4.79 Å². The summed E-state index contributed by atoms with van der Waals surface area (Å²) in [7, 11) is 0. The lowest BCUT2D eigenvalue weighted by Gasteiger charge is -2.41. The summed E-state index contributed by atoms with van der Waals surface area (Å²) in [4.78, 5) is 42.0. The Labute approximate surface area is 193 Å². The number of aryl methyl sites for hydroxylation is 1.